The quantitative estimate of drug-likeness (QED) is 0.237. The second-order valence-corrected chi connectivity index (χ2v) is 7.65. The molecule has 0 atom stereocenters. The predicted molar refractivity (Wildman–Crippen MR) is 132 cm³/mol. The number of amides is 3. The van der Waals surface area contributed by atoms with Gasteiger partial charge in [-0.1, -0.05) is 31.2 Å². The predicted octanol–water partition coefficient (Wildman–Crippen LogP) is 4.37. The summed E-state index contributed by atoms with van der Waals surface area (Å²) in [5.41, 5.74) is 3.28. The average Bonchev–Trinajstić information content (AvgIpc) is 2.88. The third-order valence-electron chi connectivity index (χ3n) is 4.96. The summed E-state index contributed by atoms with van der Waals surface area (Å²) in [4.78, 5) is 36.1. The van der Waals surface area contributed by atoms with E-state index in [1.165, 1.54) is 30.5 Å². The van der Waals surface area contributed by atoms with E-state index in [4.69, 9.17) is 4.74 Å². The van der Waals surface area contributed by atoms with Gasteiger partial charge in [-0.05, 0) is 66.1 Å². The van der Waals surface area contributed by atoms with Crippen LogP contribution in [0.15, 0.2) is 77.9 Å². The van der Waals surface area contributed by atoms with Crippen LogP contribution in [0.1, 0.15) is 23.6 Å². The summed E-state index contributed by atoms with van der Waals surface area (Å²) in [5, 5.41) is 8.64. The fourth-order valence-corrected chi connectivity index (χ4v) is 3.12. The Hall–Kier alpha value is -4.67. The largest absolute Gasteiger partial charge is 0.484 e. The Bertz CT molecular complexity index is 1290. The number of hydrogen-bond donors (Lipinski definition) is 3. The molecule has 0 bridgehead atoms. The lowest BCUT2D eigenvalue weighted by Gasteiger charge is -2.10. The fraction of sp³-hybridized carbons (Fsp3) is 0.154. The van der Waals surface area contributed by atoms with Crippen LogP contribution in [0.4, 0.5) is 24.5 Å². The van der Waals surface area contributed by atoms with Gasteiger partial charge in [-0.25, -0.2) is 5.43 Å². The first-order valence-corrected chi connectivity index (χ1v) is 11.1. The molecule has 192 valence electrons. The molecule has 0 saturated heterocycles. The Kier molecular flexibility index (Phi) is 8.98. The van der Waals surface area contributed by atoms with Gasteiger partial charge in [0.15, 0.2) is 6.61 Å². The zero-order valence-electron chi connectivity index (χ0n) is 19.6. The number of hydrazone groups is 1. The minimum absolute atomic E-state index is 0.000265. The smallest absolute Gasteiger partial charge is 0.416 e. The van der Waals surface area contributed by atoms with Crippen LogP contribution >= 0.6 is 0 Å². The summed E-state index contributed by atoms with van der Waals surface area (Å²) in [6, 6.07) is 17.7. The van der Waals surface area contributed by atoms with E-state index in [2.05, 4.69) is 21.2 Å². The molecule has 0 aliphatic rings. The molecule has 0 aromatic heterocycles. The number of carbonyl (C=O) groups is 3. The maximum absolute atomic E-state index is 12.8. The van der Waals surface area contributed by atoms with Crippen molar-refractivity contribution in [2.24, 2.45) is 5.10 Å². The third kappa shape index (κ3) is 8.20. The van der Waals surface area contributed by atoms with Gasteiger partial charge in [0.2, 0.25) is 0 Å². The summed E-state index contributed by atoms with van der Waals surface area (Å²) in [5.74, 6) is -2.10. The Morgan fingerprint density at radius 3 is 2.35 bits per heavy atom. The summed E-state index contributed by atoms with van der Waals surface area (Å²) in [7, 11) is 0. The van der Waals surface area contributed by atoms with Crippen LogP contribution in [0.3, 0.4) is 0 Å². The number of aryl methyl sites for hydroxylation is 1. The van der Waals surface area contributed by atoms with Crippen molar-refractivity contribution in [2.45, 2.75) is 19.5 Å². The molecule has 0 spiro atoms. The van der Waals surface area contributed by atoms with Crippen LogP contribution in [0.25, 0.3) is 0 Å². The number of anilines is 2. The van der Waals surface area contributed by atoms with Crippen molar-refractivity contribution in [1.82, 2.24) is 5.43 Å². The molecule has 3 N–H and O–H groups in total. The number of benzene rings is 3. The number of ether oxygens (including phenoxy) is 1. The molecular weight excluding hydrogens is 489 g/mol. The van der Waals surface area contributed by atoms with Crippen molar-refractivity contribution in [2.75, 3.05) is 17.2 Å². The highest BCUT2D eigenvalue weighted by Gasteiger charge is 2.30. The number of halogens is 3. The number of nitrogens with zero attached hydrogens (tertiary/aromatic N) is 1. The van der Waals surface area contributed by atoms with Crippen LogP contribution in [-0.4, -0.2) is 30.5 Å². The Morgan fingerprint density at radius 2 is 1.65 bits per heavy atom. The highest BCUT2D eigenvalue weighted by atomic mass is 19.4. The monoisotopic (exact) mass is 512 g/mol. The molecule has 0 radical (unpaired) electrons. The Balaban J connectivity index is 1.45. The molecule has 3 rings (SSSR count). The van der Waals surface area contributed by atoms with Crippen LogP contribution in [0.5, 0.6) is 5.75 Å². The standard InChI is InChI=1S/C26H23F3N4O4/c1-2-18-6-3-4-9-22(18)32-24(35)25(36)33-30-15-17-10-12-21(13-11-17)37-16-23(34)31-20-8-5-7-19(14-20)26(27,28)29/h3-15H,2,16H2,1H3,(H,31,34)(H,32,35)(H,33,36)/b30-15-. The highest BCUT2D eigenvalue weighted by Crippen LogP contribution is 2.30. The zero-order valence-corrected chi connectivity index (χ0v) is 19.6. The molecule has 0 heterocycles. The van der Waals surface area contributed by atoms with Crippen LogP contribution in [-0.2, 0) is 27.0 Å². The average molecular weight is 512 g/mol. The van der Waals surface area contributed by atoms with E-state index in [9.17, 15) is 27.6 Å². The van der Waals surface area contributed by atoms with Crippen molar-refractivity contribution in [1.29, 1.82) is 0 Å². The maximum Gasteiger partial charge on any atom is 0.416 e. The molecule has 0 fully saturated rings. The van der Waals surface area contributed by atoms with Gasteiger partial charge >= 0.3 is 18.0 Å². The molecule has 0 unspecified atom stereocenters. The van der Waals surface area contributed by atoms with Crippen molar-refractivity contribution in [3.8, 4) is 5.75 Å². The van der Waals surface area contributed by atoms with Gasteiger partial charge in [0.05, 0.1) is 11.8 Å². The minimum atomic E-state index is -4.52. The van der Waals surface area contributed by atoms with Crippen LogP contribution in [0, 0.1) is 0 Å². The number of para-hydroxylation sites is 1. The molecule has 8 nitrogen and oxygen atoms in total. The molecule has 11 heteroatoms. The van der Waals surface area contributed by atoms with Crippen LogP contribution in [0.2, 0.25) is 0 Å². The van der Waals surface area contributed by atoms with Crippen molar-refractivity contribution >= 4 is 35.3 Å². The van der Waals surface area contributed by atoms with Gasteiger partial charge in [0, 0.05) is 11.4 Å². The number of alkyl halides is 3. The van der Waals surface area contributed by atoms with Gasteiger partial charge in [-0.3, -0.25) is 14.4 Å². The Morgan fingerprint density at radius 1 is 0.919 bits per heavy atom. The topological polar surface area (TPSA) is 109 Å². The van der Waals surface area contributed by atoms with E-state index < -0.39 is 36.1 Å². The molecule has 37 heavy (non-hydrogen) atoms. The van der Waals surface area contributed by atoms with Gasteiger partial charge in [-0.15, -0.1) is 0 Å². The SMILES string of the molecule is CCc1ccccc1NC(=O)C(=O)N/N=C\c1ccc(OCC(=O)Nc2cccc(C(F)(F)F)c2)cc1. The van der Waals surface area contributed by atoms with E-state index in [1.54, 1.807) is 24.3 Å². The number of rotatable bonds is 8. The lowest BCUT2D eigenvalue weighted by Crippen LogP contribution is -2.32. The van der Waals surface area contributed by atoms with Crippen molar-refractivity contribution < 1.29 is 32.3 Å². The fourth-order valence-electron chi connectivity index (χ4n) is 3.12. The minimum Gasteiger partial charge on any atom is -0.484 e. The van der Waals surface area contributed by atoms with E-state index in [0.29, 0.717) is 23.4 Å². The van der Waals surface area contributed by atoms with E-state index in [0.717, 1.165) is 17.7 Å². The molecular formula is C26H23F3N4O4. The molecule has 0 saturated carbocycles. The lowest BCUT2D eigenvalue weighted by atomic mass is 10.1. The molecule has 3 aromatic rings. The normalized spacial score (nSPS) is 11.1. The summed E-state index contributed by atoms with van der Waals surface area (Å²) >= 11 is 0. The van der Waals surface area contributed by atoms with Crippen molar-refractivity contribution in [3.63, 3.8) is 0 Å². The second-order valence-electron chi connectivity index (χ2n) is 7.65. The van der Waals surface area contributed by atoms with E-state index in [-0.39, 0.29) is 5.69 Å². The number of carbonyl (C=O) groups excluding carboxylic acids is 3. The van der Waals surface area contributed by atoms with E-state index >= 15 is 0 Å². The summed E-state index contributed by atoms with van der Waals surface area (Å²) in [6.45, 7) is 1.51. The number of nitrogens with one attached hydrogen (secondary N) is 3. The molecule has 0 aliphatic carbocycles. The van der Waals surface area contributed by atoms with Gasteiger partial charge in [0.25, 0.3) is 5.91 Å². The molecule has 3 amide bonds. The lowest BCUT2D eigenvalue weighted by molar-refractivity contribution is -0.137. The van der Waals surface area contributed by atoms with Gasteiger partial charge in [0.1, 0.15) is 5.75 Å². The highest BCUT2D eigenvalue weighted by molar-refractivity contribution is 6.39. The second kappa shape index (κ2) is 12.3. The molecule has 0 aliphatic heterocycles. The van der Waals surface area contributed by atoms with Crippen LogP contribution < -0.4 is 20.8 Å². The summed E-state index contributed by atoms with van der Waals surface area (Å²) in [6.07, 6.45) is -2.51. The number of hydrogen-bond acceptors (Lipinski definition) is 5. The van der Waals surface area contributed by atoms with Gasteiger partial charge < -0.3 is 15.4 Å². The van der Waals surface area contributed by atoms with E-state index in [1.807, 2.05) is 19.1 Å². The van der Waals surface area contributed by atoms with Gasteiger partial charge in [-0.2, -0.15) is 18.3 Å². The molecule has 3 aromatic carbocycles. The Labute approximate surface area is 210 Å². The first kappa shape index (κ1) is 26.9. The first-order chi connectivity index (χ1) is 17.7. The summed E-state index contributed by atoms with van der Waals surface area (Å²) < 4.78 is 43.7. The zero-order chi connectivity index (χ0) is 26.8. The third-order valence-corrected chi connectivity index (χ3v) is 4.96. The maximum atomic E-state index is 12.8. The van der Waals surface area contributed by atoms with Crippen molar-refractivity contribution in [3.05, 3.63) is 89.5 Å². The first-order valence-electron chi connectivity index (χ1n) is 11.1.